The topological polar surface area (TPSA) is 148 Å². The number of primary amides is 1. The Morgan fingerprint density at radius 2 is 2.05 bits per heavy atom. The van der Waals surface area contributed by atoms with Gasteiger partial charge >= 0.3 is 11.8 Å². The molecule has 0 bridgehead atoms. The van der Waals surface area contributed by atoms with E-state index in [9.17, 15) is 14.4 Å². The van der Waals surface area contributed by atoms with Gasteiger partial charge in [0.25, 0.3) is 5.91 Å². The highest BCUT2D eigenvalue weighted by Crippen LogP contribution is 2.39. The second-order valence-corrected chi connectivity index (χ2v) is 12.1. The van der Waals surface area contributed by atoms with Gasteiger partial charge in [0.2, 0.25) is 11.8 Å². The molecule has 1 fully saturated rings. The van der Waals surface area contributed by atoms with Crippen molar-refractivity contribution in [1.29, 1.82) is 0 Å². The van der Waals surface area contributed by atoms with Gasteiger partial charge in [0.15, 0.2) is 5.01 Å². The lowest BCUT2D eigenvalue weighted by atomic mass is 9.81. The number of aromatic nitrogens is 3. The normalized spacial score (nSPS) is 21.9. The van der Waals surface area contributed by atoms with E-state index in [0.717, 1.165) is 30.1 Å². The molecule has 37 heavy (non-hydrogen) atoms. The number of nitrogens with two attached hydrogens (primary N) is 1. The average Bonchev–Trinajstić information content (AvgIpc) is 3.59. The maximum atomic E-state index is 13.4. The molecule has 2 aliphatic rings. The lowest BCUT2D eigenvalue weighted by Gasteiger charge is -2.41. The van der Waals surface area contributed by atoms with Crippen LogP contribution in [0.15, 0.2) is 16.5 Å². The zero-order valence-corrected chi connectivity index (χ0v) is 22.7. The van der Waals surface area contributed by atoms with E-state index in [0.29, 0.717) is 45.4 Å². The first kappa shape index (κ1) is 25.8. The standard InChI is InChI=1S/C23H26ClN7O4S2/c1-11-28-29-21(35-11)12-3-4-15(31(23(34)19(25)32)18-6-5-17(24)37-18)14(9-12)26-20(33)22-27-13-7-8-30(2)10-16(13)36-22/h5-6,12,14-15H,3-4,7-10H2,1-2H3,(H2,25,32)(H,26,33)/t12-,14+,15-/m0/s1. The smallest absolute Gasteiger partial charge is 0.317 e. The Bertz CT molecular complexity index is 1340. The number of fused-ring (bicyclic) bond motifs is 1. The van der Waals surface area contributed by atoms with Gasteiger partial charge in [0, 0.05) is 37.2 Å². The Labute approximate surface area is 226 Å². The van der Waals surface area contributed by atoms with Crippen LogP contribution in [0.4, 0.5) is 5.00 Å². The maximum Gasteiger partial charge on any atom is 0.317 e. The molecule has 1 aliphatic heterocycles. The SMILES string of the molecule is Cc1nnc([C@H]2CC[C@H](N(C(=O)C(N)=O)c3ccc(Cl)s3)[C@H](NC(=O)c3nc4c(s3)CN(C)CC4)C2)o1. The van der Waals surface area contributed by atoms with Gasteiger partial charge in [-0.2, -0.15) is 0 Å². The highest BCUT2D eigenvalue weighted by atomic mass is 35.5. The van der Waals surface area contributed by atoms with E-state index in [4.69, 9.17) is 21.8 Å². The van der Waals surface area contributed by atoms with E-state index >= 15 is 0 Å². The molecule has 0 unspecified atom stereocenters. The van der Waals surface area contributed by atoms with Crippen molar-refractivity contribution in [2.24, 2.45) is 5.73 Å². The summed E-state index contributed by atoms with van der Waals surface area (Å²) in [5.41, 5.74) is 6.37. The van der Waals surface area contributed by atoms with Crippen molar-refractivity contribution in [3.05, 3.63) is 43.8 Å². The molecule has 0 radical (unpaired) electrons. The van der Waals surface area contributed by atoms with E-state index in [2.05, 4.69) is 25.4 Å². The van der Waals surface area contributed by atoms with E-state index in [1.807, 2.05) is 7.05 Å². The van der Waals surface area contributed by atoms with Gasteiger partial charge < -0.3 is 20.4 Å². The molecule has 1 saturated carbocycles. The number of thiophene rings is 1. The summed E-state index contributed by atoms with van der Waals surface area (Å²) in [5, 5.41) is 12.1. The molecule has 0 saturated heterocycles. The fourth-order valence-corrected chi connectivity index (χ4v) is 7.12. The van der Waals surface area contributed by atoms with Crippen LogP contribution < -0.4 is 16.0 Å². The van der Waals surface area contributed by atoms with Gasteiger partial charge in [0.1, 0.15) is 0 Å². The van der Waals surface area contributed by atoms with Crippen molar-refractivity contribution >= 4 is 57.0 Å². The number of carbonyl (C=O) groups is 3. The van der Waals surface area contributed by atoms with Gasteiger partial charge in [0.05, 0.1) is 27.1 Å². The van der Waals surface area contributed by atoms with Crippen LogP contribution in [0, 0.1) is 6.92 Å². The molecule has 3 amide bonds. The fraction of sp³-hybridized carbons (Fsp3) is 0.478. The Morgan fingerprint density at radius 3 is 2.73 bits per heavy atom. The molecule has 1 aliphatic carbocycles. The third-order valence-corrected chi connectivity index (χ3v) is 9.01. The minimum absolute atomic E-state index is 0.127. The predicted molar refractivity (Wildman–Crippen MR) is 139 cm³/mol. The number of amides is 3. The van der Waals surface area contributed by atoms with Crippen molar-refractivity contribution in [2.75, 3.05) is 18.5 Å². The summed E-state index contributed by atoms with van der Waals surface area (Å²) in [6.45, 7) is 3.36. The number of hydrogen-bond donors (Lipinski definition) is 2. The molecule has 3 aromatic heterocycles. The van der Waals surface area contributed by atoms with Crippen molar-refractivity contribution < 1.29 is 18.8 Å². The molecular formula is C23H26ClN7O4S2. The van der Waals surface area contributed by atoms with Crippen LogP contribution in [-0.4, -0.2) is 63.5 Å². The number of thiazole rings is 1. The molecule has 3 atom stereocenters. The third-order valence-electron chi connectivity index (χ3n) is 6.70. The van der Waals surface area contributed by atoms with Crippen LogP contribution in [0.2, 0.25) is 4.34 Å². The summed E-state index contributed by atoms with van der Waals surface area (Å²) in [5.74, 6) is -1.46. The average molecular weight is 564 g/mol. The number of halogens is 1. The summed E-state index contributed by atoms with van der Waals surface area (Å²) >= 11 is 8.70. The van der Waals surface area contributed by atoms with Gasteiger partial charge in [-0.25, -0.2) is 4.98 Å². The van der Waals surface area contributed by atoms with E-state index in [-0.39, 0.29) is 11.8 Å². The Balaban J connectivity index is 1.45. The monoisotopic (exact) mass is 563 g/mol. The van der Waals surface area contributed by atoms with E-state index in [1.165, 1.54) is 27.6 Å². The highest BCUT2D eigenvalue weighted by molar-refractivity contribution is 7.20. The second kappa shape index (κ2) is 10.5. The molecule has 5 rings (SSSR count). The van der Waals surface area contributed by atoms with Crippen molar-refractivity contribution in [2.45, 2.75) is 57.2 Å². The van der Waals surface area contributed by atoms with Crippen LogP contribution in [0.1, 0.15) is 57.3 Å². The number of nitrogens with zero attached hydrogens (tertiary/aromatic N) is 5. The fourth-order valence-electron chi connectivity index (χ4n) is 4.94. The first-order valence-corrected chi connectivity index (χ1v) is 13.9. The molecule has 11 nitrogen and oxygen atoms in total. The van der Waals surface area contributed by atoms with Crippen LogP contribution in [-0.2, 0) is 22.6 Å². The molecule has 3 aromatic rings. The Kier molecular flexibility index (Phi) is 7.30. The summed E-state index contributed by atoms with van der Waals surface area (Å²) in [4.78, 5) is 47.7. The van der Waals surface area contributed by atoms with Gasteiger partial charge in [-0.3, -0.25) is 19.3 Å². The quantitative estimate of drug-likeness (QED) is 0.450. The molecule has 3 N–H and O–H groups in total. The molecule has 4 heterocycles. The predicted octanol–water partition coefficient (Wildman–Crippen LogP) is 2.49. The second-order valence-electron chi connectivity index (χ2n) is 9.31. The van der Waals surface area contributed by atoms with Crippen molar-refractivity contribution in [3.63, 3.8) is 0 Å². The number of rotatable bonds is 5. The number of aryl methyl sites for hydroxylation is 1. The number of nitrogens with one attached hydrogen (secondary N) is 1. The molecular weight excluding hydrogens is 538 g/mol. The largest absolute Gasteiger partial charge is 0.425 e. The van der Waals surface area contributed by atoms with Gasteiger partial charge in [-0.1, -0.05) is 11.6 Å². The van der Waals surface area contributed by atoms with Crippen LogP contribution in [0.25, 0.3) is 0 Å². The summed E-state index contributed by atoms with van der Waals surface area (Å²) < 4.78 is 6.14. The number of carbonyl (C=O) groups excluding carboxylic acids is 3. The summed E-state index contributed by atoms with van der Waals surface area (Å²) in [7, 11) is 2.04. The third kappa shape index (κ3) is 5.40. The van der Waals surface area contributed by atoms with E-state index < -0.39 is 23.9 Å². The lowest BCUT2D eigenvalue weighted by molar-refractivity contribution is -0.136. The molecule has 14 heteroatoms. The zero-order chi connectivity index (χ0) is 26.3. The lowest BCUT2D eigenvalue weighted by Crippen LogP contribution is -2.58. The number of anilines is 1. The first-order valence-electron chi connectivity index (χ1n) is 11.9. The first-order chi connectivity index (χ1) is 17.7. The minimum atomic E-state index is -1.08. The van der Waals surface area contributed by atoms with Gasteiger partial charge in [-0.05, 0) is 38.4 Å². The highest BCUT2D eigenvalue weighted by Gasteiger charge is 2.42. The van der Waals surface area contributed by atoms with Crippen LogP contribution in [0.5, 0.6) is 0 Å². The molecule has 0 aromatic carbocycles. The zero-order valence-electron chi connectivity index (χ0n) is 20.3. The summed E-state index contributed by atoms with van der Waals surface area (Å²) in [6.07, 6.45) is 2.29. The number of likely N-dealkylation sites (N-methyl/N-ethyl adjacent to an activating group) is 1. The van der Waals surface area contributed by atoms with Crippen molar-refractivity contribution in [3.8, 4) is 0 Å². The van der Waals surface area contributed by atoms with Crippen molar-refractivity contribution in [1.82, 2.24) is 25.4 Å². The number of hydrogen-bond acceptors (Lipinski definition) is 10. The van der Waals surface area contributed by atoms with E-state index in [1.54, 1.807) is 19.1 Å². The van der Waals surface area contributed by atoms with Crippen LogP contribution >= 0.6 is 34.3 Å². The molecule has 0 spiro atoms. The molecule has 196 valence electrons. The Morgan fingerprint density at radius 1 is 1.24 bits per heavy atom. The van der Waals surface area contributed by atoms with Crippen LogP contribution in [0.3, 0.4) is 0 Å². The summed E-state index contributed by atoms with van der Waals surface area (Å²) in [6, 6.07) is 2.25. The van der Waals surface area contributed by atoms with Gasteiger partial charge in [-0.15, -0.1) is 32.9 Å². The maximum absolute atomic E-state index is 13.4. The Hall–Kier alpha value is -2.87. The minimum Gasteiger partial charge on any atom is -0.425 e.